The number of likely N-dealkylation sites (N-methyl/N-ethyl adjacent to an activating group) is 1. The Morgan fingerprint density at radius 2 is 2.06 bits per heavy atom. The Morgan fingerprint density at radius 1 is 1.33 bits per heavy atom. The minimum atomic E-state index is 0.0931. The van der Waals surface area contributed by atoms with Crippen LogP contribution >= 0.6 is 0 Å². The predicted octanol–water partition coefficient (Wildman–Crippen LogP) is 2.25. The minimum Gasteiger partial charge on any atom is -0.468 e. The van der Waals surface area contributed by atoms with Crippen LogP contribution in [0.15, 0.2) is 16.7 Å². The molecule has 104 valence electrons. The summed E-state index contributed by atoms with van der Waals surface area (Å²) in [4.78, 5) is 2.11. The Labute approximate surface area is 110 Å². The third kappa shape index (κ3) is 6.19. The standard InChI is InChI=1S/C14H26N2O2/c1-14(2,3)15-10-13-12(6-8-18-13)11-17-9-7-16(4)5/h6,8,15H,7,9-11H2,1-5H3. The second kappa shape index (κ2) is 6.92. The topological polar surface area (TPSA) is 37.6 Å². The third-order valence-electron chi connectivity index (χ3n) is 2.56. The van der Waals surface area contributed by atoms with Crippen molar-refractivity contribution in [2.24, 2.45) is 0 Å². The molecule has 0 saturated heterocycles. The van der Waals surface area contributed by atoms with Crippen molar-refractivity contribution in [2.45, 2.75) is 39.5 Å². The van der Waals surface area contributed by atoms with Crippen LogP contribution in [0.3, 0.4) is 0 Å². The average Bonchev–Trinajstić information content (AvgIpc) is 2.68. The molecule has 0 radical (unpaired) electrons. The highest BCUT2D eigenvalue weighted by Gasteiger charge is 2.12. The van der Waals surface area contributed by atoms with E-state index in [1.807, 2.05) is 20.2 Å². The van der Waals surface area contributed by atoms with Gasteiger partial charge in [0.1, 0.15) is 5.76 Å². The maximum absolute atomic E-state index is 5.63. The lowest BCUT2D eigenvalue weighted by Gasteiger charge is -2.20. The lowest BCUT2D eigenvalue weighted by Crippen LogP contribution is -2.35. The molecule has 0 bridgehead atoms. The van der Waals surface area contributed by atoms with Crippen molar-refractivity contribution in [3.05, 3.63) is 23.7 Å². The average molecular weight is 254 g/mol. The van der Waals surface area contributed by atoms with E-state index in [9.17, 15) is 0 Å². The van der Waals surface area contributed by atoms with Crippen molar-refractivity contribution >= 4 is 0 Å². The normalized spacial score (nSPS) is 12.3. The molecular weight excluding hydrogens is 228 g/mol. The zero-order chi connectivity index (χ0) is 13.6. The Bertz CT molecular complexity index is 340. The number of hydrogen-bond acceptors (Lipinski definition) is 4. The lowest BCUT2D eigenvalue weighted by molar-refractivity contribution is 0.104. The molecule has 0 amide bonds. The number of nitrogens with one attached hydrogen (secondary N) is 1. The van der Waals surface area contributed by atoms with E-state index in [4.69, 9.17) is 9.15 Å². The molecule has 0 aliphatic rings. The fourth-order valence-corrected chi connectivity index (χ4v) is 1.43. The summed E-state index contributed by atoms with van der Waals surface area (Å²) in [5.74, 6) is 0.967. The van der Waals surface area contributed by atoms with Crippen LogP contribution in [0.2, 0.25) is 0 Å². The van der Waals surface area contributed by atoms with E-state index in [1.54, 1.807) is 6.26 Å². The van der Waals surface area contributed by atoms with Gasteiger partial charge in [-0.05, 0) is 40.9 Å². The molecule has 0 atom stereocenters. The Morgan fingerprint density at radius 3 is 2.67 bits per heavy atom. The highest BCUT2D eigenvalue weighted by molar-refractivity contribution is 5.16. The number of ether oxygens (including phenoxy) is 1. The monoisotopic (exact) mass is 254 g/mol. The summed E-state index contributed by atoms with van der Waals surface area (Å²) in [7, 11) is 4.08. The zero-order valence-corrected chi connectivity index (χ0v) is 12.2. The van der Waals surface area contributed by atoms with Gasteiger partial charge in [-0.25, -0.2) is 0 Å². The molecule has 4 heteroatoms. The highest BCUT2D eigenvalue weighted by atomic mass is 16.5. The van der Waals surface area contributed by atoms with E-state index in [0.717, 1.165) is 31.0 Å². The molecule has 1 N–H and O–H groups in total. The molecular formula is C14H26N2O2. The molecule has 0 aliphatic heterocycles. The summed E-state index contributed by atoms with van der Waals surface area (Å²) in [6.45, 7) is 9.46. The zero-order valence-electron chi connectivity index (χ0n) is 12.2. The van der Waals surface area contributed by atoms with E-state index >= 15 is 0 Å². The molecule has 0 spiro atoms. The van der Waals surface area contributed by atoms with Crippen molar-refractivity contribution in [3.8, 4) is 0 Å². The maximum Gasteiger partial charge on any atom is 0.123 e. The Balaban J connectivity index is 2.35. The van der Waals surface area contributed by atoms with E-state index in [0.29, 0.717) is 6.61 Å². The second-order valence-corrected chi connectivity index (χ2v) is 5.83. The molecule has 18 heavy (non-hydrogen) atoms. The SMILES string of the molecule is CN(C)CCOCc1ccoc1CNC(C)(C)C. The maximum atomic E-state index is 5.63. The fraction of sp³-hybridized carbons (Fsp3) is 0.714. The van der Waals surface area contributed by atoms with Gasteiger partial charge in [-0.3, -0.25) is 0 Å². The molecule has 0 fully saturated rings. The van der Waals surface area contributed by atoms with Crippen LogP contribution in [0.5, 0.6) is 0 Å². The minimum absolute atomic E-state index is 0.0931. The Kier molecular flexibility index (Phi) is 5.85. The first kappa shape index (κ1) is 15.2. The fourth-order valence-electron chi connectivity index (χ4n) is 1.43. The summed E-state index contributed by atoms with van der Waals surface area (Å²) in [5, 5.41) is 3.42. The summed E-state index contributed by atoms with van der Waals surface area (Å²) >= 11 is 0. The summed E-state index contributed by atoms with van der Waals surface area (Å²) in [5.41, 5.74) is 1.22. The van der Waals surface area contributed by atoms with Gasteiger partial charge in [-0.1, -0.05) is 0 Å². The van der Waals surface area contributed by atoms with Crippen LogP contribution < -0.4 is 5.32 Å². The number of rotatable bonds is 7. The Hall–Kier alpha value is -0.840. The first-order chi connectivity index (χ1) is 8.38. The van der Waals surface area contributed by atoms with Gasteiger partial charge in [0.2, 0.25) is 0 Å². The molecule has 0 unspecified atom stereocenters. The molecule has 0 aromatic carbocycles. The summed E-state index contributed by atoms with van der Waals surface area (Å²) < 4.78 is 11.1. The van der Waals surface area contributed by atoms with Crippen LogP contribution in [0, 0.1) is 0 Å². The van der Waals surface area contributed by atoms with Crippen molar-refractivity contribution in [1.82, 2.24) is 10.2 Å². The van der Waals surface area contributed by atoms with E-state index < -0.39 is 0 Å². The second-order valence-electron chi connectivity index (χ2n) is 5.83. The van der Waals surface area contributed by atoms with E-state index in [2.05, 4.69) is 31.0 Å². The van der Waals surface area contributed by atoms with E-state index in [-0.39, 0.29) is 5.54 Å². The lowest BCUT2D eigenvalue weighted by atomic mass is 10.1. The van der Waals surface area contributed by atoms with Crippen LogP contribution in [-0.2, 0) is 17.9 Å². The number of hydrogen-bond donors (Lipinski definition) is 1. The van der Waals surface area contributed by atoms with Crippen LogP contribution in [-0.4, -0.2) is 37.7 Å². The van der Waals surface area contributed by atoms with Gasteiger partial charge in [0.15, 0.2) is 0 Å². The van der Waals surface area contributed by atoms with Gasteiger partial charge in [-0.15, -0.1) is 0 Å². The van der Waals surface area contributed by atoms with Gasteiger partial charge in [0.05, 0.1) is 26.0 Å². The molecule has 4 nitrogen and oxygen atoms in total. The van der Waals surface area contributed by atoms with Crippen LogP contribution in [0.4, 0.5) is 0 Å². The first-order valence-corrected chi connectivity index (χ1v) is 6.41. The smallest absolute Gasteiger partial charge is 0.123 e. The van der Waals surface area contributed by atoms with Crippen molar-refractivity contribution in [2.75, 3.05) is 27.2 Å². The summed E-state index contributed by atoms with van der Waals surface area (Å²) in [6.07, 6.45) is 1.73. The van der Waals surface area contributed by atoms with E-state index in [1.165, 1.54) is 0 Å². The quantitative estimate of drug-likeness (QED) is 0.757. The van der Waals surface area contributed by atoms with Gasteiger partial charge in [0, 0.05) is 17.6 Å². The van der Waals surface area contributed by atoms with Crippen LogP contribution in [0.25, 0.3) is 0 Å². The van der Waals surface area contributed by atoms with Gasteiger partial charge < -0.3 is 19.4 Å². The van der Waals surface area contributed by atoms with Gasteiger partial charge in [0.25, 0.3) is 0 Å². The van der Waals surface area contributed by atoms with Gasteiger partial charge in [-0.2, -0.15) is 0 Å². The third-order valence-corrected chi connectivity index (χ3v) is 2.56. The molecule has 1 aromatic heterocycles. The molecule has 0 saturated carbocycles. The number of nitrogens with zero attached hydrogens (tertiary/aromatic N) is 1. The van der Waals surface area contributed by atoms with Crippen molar-refractivity contribution in [3.63, 3.8) is 0 Å². The predicted molar refractivity (Wildman–Crippen MR) is 73.5 cm³/mol. The number of furan rings is 1. The molecule has 0 aliphatic carbocycles. The van der Waals surface area contributed by atoms with Gasteiger partial charge >= 0.3 is 0 Å². The molecule has 1 rings (SSSR count). The molecule has 1 heterocycles. The van der Waals surface area contributed by atoms with Crippen LogP contribution in [0.1, 0.15) is 32.1 Å². The first-order valence-electron chi connectivity index (χ1n) is 6.41. The molecule has 1 aromatic rings. The highest BCUT2D eigenvalue weighted by Crippen LogP contribution is 2.13. The van der Waals surface area contributed by atoms with Crippen molar-refractivity contribution < 1.29 is 9.15 Å². The summed E-state index contributed by atoms with van der Waals surface area (Å²) in [6, 6.07) is 1.98. The van der Waals surface area contributed by atoms with Crippen molar-refractivity contribution in [1.29, 1.82) is 0 Å². The largest absolute Gasteiger partial charge is 0.468 e.